The van der Waals surface area contributed by atoms with Crippen molar-refractivity contribution in [1.29, 1.82) is 0 Å². The lowest BCUT2D eigenvalue weighted by atomic mass is 10.1. The highest BCUT2D eigenvalue weighted by Crippen LogP contribution is 2.23. The van der Waals surface area contributed by atoms with E-state index in [1.165, 1.54) is 6.07 Å². The number of halogens is 3. The molecule has 0 spiro atoms. The van der Waals surface area contributed by atoms with Gasteiger partial charge in [0.05, 0.1) is 15.8 Å². The van der Waals surface area contributed by atoms with Crippen molar-refractivity contribution in [3.8, 4) is 0 Å². The van der Waals surface area contributed by atoms with Gasteiger partial charge in [-0.05, 0) is 35.9 Å². The summed E-state index contributed by atoms with van der Waals surface area (Å²) >= 11 is 17.5. The Morgan fingerprint density at radius 1 is 0.952 bits per heavy atom. The molecule has 0 bridgehead atoms. The van der Waals surface area contributed by atoms with Crippen LogP contribution < -0.4 is 0 Å². The predicted molar refractivity (Wildman–Crippen MR) is 89.0 cm³/mol. The fourth-order valence-electron chi connectivity index (χ4n) is 1.72. The molecule has 2 aromatic rings. The quantitative estimate of drug-likeness (QED) is 0.718. The average molecular weight is 362 g/mol. The molecule has 0 saturated carbocycles. The molecule has 110 valence electrons. The van der Waals surface area contributed by atoms with Crippen molar-refractivity contribution in [2.24, 2.45) is 0 Å². The number of ketones is 1. The topological polar surface area (TPSA) is 34.1 Å². The molecule has 0 aliphatic heterocycles. The molecule has 0 heterocycles. The largest absolute Gasteiger partial charge is 0.293 e. The summed E-state index contributed by atoms with van der Waals surface area (Å²) in [5.41, 5.74) is 1.29. The Morgan fingerprint density at radius 2 is 1.62 bits per heavy atom. The standard InChI is InChI=1S/C15H11Cl3O2S/c16-12-4-1-10(2-5-12)8-21(20)9-15(19)11-3-6-13(17)14(18)7-11/h1-7H,8-9H2. The van der Waals surface area contributed by atoms with Gasteiger partial charge >= 0.3 is 0 Å². The van der Waals surface area contributed by atoms with Crippen molar-refractivity contribution in [2.45, 2.75) is 5.75 Å². The molecule has 1 unspecified atom stereocenters. The summed E-state index contributed by atoms with van der Waals surface area (Å²) in [5, 5.41) is 1.32. The maximum atomic E-state index is 12.0. The van der Waals surface area contributed by atoms with E-state index in [0.29, 0.717) is 26.4 Å². The first kappa shape index (κ1) is 16.5. The molecule has 0 N–H and O–H groups in total. The maximum absolute atomic E-state index is 12.0. The van der Waals surface area contributed by atoms with Crippen molar-refractivity contribution >= 4 is 51.4 Å². The number of hydrogen-bond donors (Lipinski definition) is 0. The third-order valence-corrected chi connectivity index (χ3v) is 5.01. The fourth-order valence-corrected chi connectivity index (χ4v) is 3.27. The first-order valence-corrected chi connectivity index (χ1v) is 8.65. The Hall–Kier alpha value is -0.870. The Labute approximate surface area is 140 Å². The minimum atomic E-state index is -1.29. The normalized spacial score (nSPS) is 12.1. The van der Waals surface area contributed by atoms with Crippen LogP contribution in [-0.2, 0) is 16.6 Å². The minimum Gasteiger partial charge on any atom is -0.293 e. The van der Waals surface area contributed by atoms with E-state index in [-0.39, 0.29) is 11.5 Å². The summed E-state index contributed by atoms with van der Waals surface area (Å²) in [6.45, 7) is 0. The van der Waals surface area contributed by atoms with E-state index in [2.05, 4.69) is 0 Å². The summed E-state index contributed by atoms with van der Waals surface area (Å²) in [7, 11) is -1.29. The third kappa shape index (κ3) is 4.82. The molecule has 0 saturated heterocycles. The molecule has 0 aromatic heterocycles. The zero-order chi connectivity index (χ0) is 15.4. The second kappa shape index (κ2) is 7.41. The van der Waals surface area contributed by atoms with E-state index in [4.69, 9.17) is 34.8 Å². The van der Waals surface area contributed by atoms with Gasteiger partial charge < -0.3 is 0 Å². The Kier molecular flexibility index (Phi) is 5.82. The van der Waals surface area contributed by atoms with Crippen LogP contribution >= 0.6 is 34.8 Å². The molecule has 0 fully saturated rings. The van der Waals surface area contributed by atoms with Crippen LogP contribution in [0.2, 0.25) is 15.1 Å². The van der Waals surface area contributed by atoms with Gasteiger partial charge in [-0.25, -0.2) is 0 Å². The highest BCUT2D eigenvalue weighted by Gasteiger charge is 2.12. The van der Waals surface area contributed by atoms with Crippen LogP contribution in [0.3, 0.4) is 0 Å². The van der Waals surface area contributed by atoms with Gasteiger partial charge in [-0.15, -0.1) is 0 Å². The van der Waals surface area contributed by atoms with E-state index < -0.39 is 10.8 Å². The molecular weight excluding hydrogens is 351 g/mol. The van der Waals surface area contributed by atoms with Crippen LogP contribution in [0.1, 0.15) is 15.9 Å². The van der Waals surface area contributed by atoms with Gasteiger partial charge in [-0.3, -0.25) is 9.00 Å². The van der Waals surface area contributed by atoms with E-state index in [9.17, 15) is 9.00 Å². The lowest BCUT2D eigenvalue weighted by Crippen LogP contribution is -2.12. The summed E-state index contributed by atoms with van der Waals surface area (Å²) in [5.74, 6) is 0.0334. The van der Waals surface area contributed by atoms with Crippen LogP contribution in [0.4, 0.5) is 0 Å². The van der Waals surface area contributed by atoms with E-state index in [0.717, 1.165) is 5.56 Å². The summed E-state index contributed by atoms with van der Waals surface area (Å²) in [4.78, 5) is 12.0. The molecule has 6 heteroatoms. The highest BCUT2D eigenvalue weighted by molar-refractivity contribution is 7.85. The zero-order valence-electron chi connectivity index (χ0n) is 10.8. The molecule has 0 radical (unpaired) electrons. The maximum Gasteiger partial charge on any atom is 0.175 e. The summed E-state index contributed by atoms with van der Waals surface area (Å²) in [6.07, 6.45) is 0. The van der Waals surface area contributed by atoms with Gasteiger partial charge in [0.25, 0.3) is 0 Å². The van der Waals surface area contributed by atoms with Crippen molar-refractivity contribution in [3.63, 3.8) is 0 Å². The molecular formula is C15H11Cl3O2S. The lowest BCUT2D eigenvalue weighted by molar-refractivity contribution is 0.102. The molecule has 2 nitrogen and oxygen atoms in total. The van der Waals surface area contributed by atoms with Gasteiger partial charge in [0.1, 0.15) is 0 Å². The molecule has 2 aromatic carbocycles. The molecule has 0 aliphatic carbocycles. The molecule has 1 atom stereocenters. The monoisotopic (exact) mass is 360 g/mol. The van der Waals surface area contributed by atoms with Crippen LogP contribution in [0.5, 0.6) is 0 Å². The summed E-state index contributed by atoms with van der Waals surface area (Å²) in [6, 6.07) is 11.7. The average Bonchev–Trinajstić information content (AvgIpc) is 2.44. The van der Waals surface area contributed by atoms with Gasteiger partial charge in [-0.1, -0.05) is 46.9 Å². The van der Waals surface area contributed by atoms with Crippen LogP contribution in [0, 0.1) is 0 Å². The van der Waals surface area contributed by atoms with Crippen LogP contribution in [-0.4, -0.2) is 15.7 Å². The fraction of sp³-hybridized carbons (Fsp3) is 0.133. The number of benzene rings is 2. The highest BCUT2D eigenvalue weighted by atomic mass is 35.5. The number of carbonyl (C=O) groups excluding carboxylic acids is 1. The first-order valence-electron chi connectivity index (χ1n) is 6.03. The van der Waals surface area contributed by atoms with E-state index in [1.54, 1.807) is 36.4 Å². The number of carbonyl (C=O) groups is 1. The third-order valence-electron chi connectivity index (χ3n) is 2.77. The number of hydrogen-bond acceptors (Lipinski definition) is 2. The van der Waals surface area contributed by atoms with Gasteiger partial charge in [0.15, 0.2) is 5.78 Å². The zero-order valence-corrected chi connectivity index (χ0v) is 13.9. The molecule has 0 amide bonds. The lowest BCUT2D eigenvalue weighted by Gasteiger charge is -2.04. The smallest absolute Gasteiger partial charge is 0.175 e. The SMILES string of the molecule is O=C(CS(=O)Cc1ccc(Cl)cc1)c1ccc(Cl)c(Cl)c1. The van der Waals surface area contributed by atoms with Gasteiger partial charge in [0, 0.05) is 27.1 Å². The van der Waals surface area contributed by atoms with Gasteiger partial charge in [-0.2, -0.15) is 0 Å². The van der Waals surface area contributed by atoms with E-state index in [1.807, 2.05) is 0 Å². The summed E-state index contributed by atoms with van der Waals surface area (Å²) < 4.78 is 12.0. The predicted octanol–water partition coefficient (Wildman–Crippen LogP) is 4.78. The minimum absolute atomic E-state index is 0.0550. The Bertz CT molecular complexity index is 684. The molecule has 21 heavy (non-hydrogen) atoms. The Morgan fingerprint density at radius 3 is 2.24 bits per heavy atom. The second-order valence-electron chi connectivity index (χ2n) is 4.41. The van der Waals surface area contributed by atoms with Crippen LogP contribution in [0.25, 0.3) is 0 Å². The molecule has 0 aliphatic rings. The number of rotatable bonds is 5. The second-order valence-corrected chi connectivity index (χ2v) is 7.11. The van der Waals surface area contributed by atoms with Gasteiger partial charge in [0.2, 0.25) is 0 Å². The van der Waals surface area contributed by atoms with Crippen molar-refractivity contribution in [1.82, 2.24) is 0 Å². The number of Topliss-reactive ketones (excluding diaryl/α,β-unsaturated/α-hetero) is 1. The first-order chi connectivity index (χ1) is 9.95. The van der Waals surface area contributed by atoms with Crippen LogP contribution in [0.15, 0.2) is 42.5 Å². The van der Waals surface area contributed by atoms with Crippen molar-refractivity contribution in [3.05, 3.63) is 68.7 Å². The Balaban J connectivity index is 2.00. The molecule has 2 rings (SSSR count). The van der Waals surface area contributed by atoms with E-state index >= 15 is 0 Å². The van der Waals surface area contributed by atoms with Crippen molar-refractivity contribution in [2.75, 3.05) is 5.75 Å². The van der Waals surface area contributed by atoms with Crippen molar-refractivity contribution < 1.29 is 9.00 Å².